The van der Waals surface area contributed by atoms with Gasteiger partial charge in [-0.25, -0.2) is 8.42 Å². The molecule has 5 heteroatoms. The van der Waals surface area contributed by atoms with Gasteiger partial charge in [0.05, 0.1) is 4.90 Å². The average Bonchev–Trinajstić information content (AvgIpc) is 2.33. The summed E-state index contributed by atoms with van der Waals surface area (Å²) in [6, 6.07) is 5.59. The Kier molecular flexibility index (Phi) is 4.04. The van der Waals surface area contributed by atoms with Crippen LogP contribution in [0.5, 0.6) is 0 Å². The number of hydrogen-bond donors (Lipinski definition) is 1. The van der Waals surface area contributed by atoms with Gasteiger partial charge >= 0.3 is 0 Å². The lowest BCUT2D eigenvalue weighted by atomic mass is 10.2. The van der Waals surface area contributed by atoms with E-state index >= 15 is 0 Å². The van der Waals surface area contributed by atoms with Crippen LogP contribution in [0.1, 0.15) is 11.1 Å². The third kappa shape index (κ3) is 3.10. The van der Waals surface area contributed by atoms with Crippen LogP contribution in [-0.2, 0) is 9.84 Å². The molecule has 100 valence electrons. The van der Waals surface area contributed by atoms with Gasteiger partial charge < -0.3 is 5.32 Å². The molecule has 2 rings (SSSR count). The van der Waals surface area contributed by atoms with E-state index in [0.717, 1.165) is 37.3 Å². The van der Waals surface area contributed by atoms with Crippen LogP contribution in [0.2, 0.25) is 0 Å². The Bertz CT molecular complexity index is 520. The third-order valence-corrected chi connectivity index (χ3v) is 5.06. The van der Waals surface area contributed by atoms with Gasteiger partial charge in [-0.15, -0.1) is 0 Å². The minimum absolute atomic E-state index is 0.124. The maximum absolute atomic E-state index is 12.4. The molecule has 4 nitrogen and oxygen atoms in total. The molecule has 18 heavy (non-hydrogen) atoms. The summed E-state index contributed by atoms with van der Waals surface area (Å²) < 4.78 is 24.8. The molecule has 0 aromatic heterocycles. The molecule has 1 aromatic rings. The molecule has 1 saturated heterocycles. The fourth-order valence-electron chi connectivity index (χ4n) is 2.19. The van der Waals surface area contributed by atoms with E-state index in [4.69, 9.17) is 0 Å². The topological polar surface area (TPSA) is 49.4 Å². The zero-order valence-electron chi connectivity index (χ0n) is 10.9. The molecular weight excluding hydrogens is 248 g/mol. The zero-order chi connectivity index (χ0) is 13.2. The molecule has 0 radical (unpaired) electrons. The second-order valence-electron chi connectivity index (χ2n) is 4.88. The molecule has 1 aliphatic heterocycles. The van der Waals surface area contributed by atoms with Crippen LogP contribution >= 0.6 is 0 Å². The van der Waals surface area contributed by atoms with Crippen molar-refractivity contribution in [2.45, 2.75) is 18.7 Å². The Morgan fingerprint density at radius 1 is 1.22 bits per heavy atom. The van der Waals surface area contributed by atoms with Gasteiger partial charge in [-0.2, -0.15) is 0 Å². The summed E-state index contributed by atoms with van der Waals surface area (Å²) in [6.45, 7) is 7.09. The highest BCUT2D eigenvalue weighted by molar-refractivity contribution is 7.91. The van der Waals surface area contributed by atoms with Gasteiger partial charge in [-0.1, -0.05) is 12.1 Å². The predicted molar refractivity (Wildman–Crippen MR) is 72.4 cm³/mol. The van der Waals surface area contributed by atoms with Crippen LogP contribution in [0.3, 0.4) is 0 Å². The molecule has 1 N–H and O–H groups in total. The first kappa shape index (κ1) is 13.5. The van der Waals surface area contributed by atoms with Crippen molar-refractivity contribution in [2.24, 2.45) is 0 Å². The van der Waals surface area contributed by atoms with Crippen molar-refractivity contribution in [1.82, 2.24) is 10.2 Å². The number of nitrogens with one attached hydrogen (secondary N) is 1. The highest BCUT2D eigenvalue weighted by Gasteiger charge is 2.22. The van der Waals surface area contributed by atoms with Crippen molar-refractivity contribution in [1.29, 1.82) is 0 Å². The van der Waals surface area contributed by atoms with E-state index in [1.165, 1.54) is 0 Å². The Morgan fingerprint density at radius 3 is 2.56 bits per heavy atom. The Labute approximate surface area is 109 Å². The molecule has 1 aromatic carbocycles. The lowest BCUT2D eigenvalue weighted by molar-refractivity contribution is 0.274. The molecule has 0 amide bonds. The van der Waals surface area contributed by atoms with Crippen molar-refractivity contribution in [3.63, 3.8) is 0 Å². The lowest BCUT2D eigenvalue weighted by Crippen LogP contribution is -2.45. The van der Waals surface area contributed by atoms with Crippen LogP contribution in [-0.4, -0.2) is 45.4 Å². The monoisotopic (exact) mass is 268 g/mol. The van der Waals surface area contributed by atoms with Gasteiger partial charge in [0.15, 0.2) is 9.84 Å². The summed E-state index contributed by atoms with van der Waals surface area (Å²) >= 11 is 0. The Morgan fingerprint density at radius 2 is 1.89 bits per heavy atom. The van der Waals surface area contributed by atoms with Gasteiger partial charge in [-0.3, -0.25) is 4.90 Å². The third-order valence-electron chi connectivity index (χ3n) is 3.24. The summed E-state index contributed by atoms with van der Waals surface area (Å²) in [5.41, 5.74) is 1.82. The van der Waals surface area contributed by atoms with Crippen molar-refractivity contribution in [3.05, 3.63) is 29.3 Å². The highest BCUT2D eigenvalue weighted by Crippen LogP contribution is 2.19. The fraction of sp³-hybridized carbons (Fsp3) is 0.538. The second-order valence-corrected chi connectivity index (χ2v) is 6.81. The standard InChI is InChI=1S/C13H20N2O2S/c1-11-3-4-12(2)13(9-11)18(16,17)10-15-7-5-14-6-8-15/h3-4,9,14H,5-8,10H2,1-2H3. The van der Waals surface area contributed by atoms with Gasteiger partial charge in [0.2, 0.25) is 0 Å². The van der Waals surface area contributed by atoms with E-state index < -0.39 is 9.84 Å². The first-order valence-electron chi connectivity index (χ1n) is 6.22. The minimum Gasteiger partial charge on any atom is -0.314 e. The summed E-state index contributed by atoms with van der Waals surface area (Å²) in [5.74, 6) is 0.124. The number of benzene rings is 1. The molecule has 1 aliphatic rings. The van der Waals surface area contributed by atoms with E-state index in [1.807, 2.05) is 30.9 Å². The quantitative estimate of drug-likeness (QED) is 0.886. The zero-order valence-corrected chi connectivity index (χ0v) is 11.8. The fourth-order valence-corrected chi connectivity index (χ4v) is 3.99. The normalized spacial score (nSPS) is 17.9. The number of hydrogen-bond acceptors (Lipinski definition) is 4. The van der Waals surface area contributed by atoms with Crippen molar-refractivity contribution in [2.75, 3.05) is 32.1 Å². The van der Waals surface area contributed by atoms with Crippen molar-refractivity contribution >= 4 is 9.84 Å². The molecular formula is C13H20N2O2S. The predicted octanol–water partition coefficient (Wildman–Crippen LogP) is 0.940. The maximum atomic E-state index is 12.4. The molecule has 0 saturated carbocycles. The van der Waals surface area contributed by atoms with E-state index in [1.54, 1.807) is 6.07 Å². The van der Waals surface area contributed by atoms with E-state index in [9.17, 15) is 8.42 Å². The van der Waals surface area contributed by atoms with Gasteiger partial charge in [0, 0.05) is 26.2 Å². The minimum atomic E-state index is -3.21. The van der Waals surface area contributed by atoms with E-state index in [2.05, 4.69) is 5.32 Å². The van der Waals surface area contributed by atoms with Gasteiger partial charge in [0.25, 0.3) is 0 Å². The number of aryl methyl sites for hydroxylation is 2. The SMILES string of the molecule is Cc1ccc(C)c(S(=O)(=O)CN2CCNCC2)c1. The second kappa shape index (κ2) is 5.38. The van der Waals surface area contributed by atoms with Crippen LogP contribution < -0.4 is 5.32 Å². The molecule has 1 fully saturated rings. The first-order valence-corrected chi connectivity index (χ1v) is 7.87. The van der Waals surface area contributed by atoms with Crippen LogP contribution in [0.25, 0.3) is 0 Å². The largest absolute Gasteiger partial charge is 0.314 e. The summed E-state index contributed by atoms with van der Waals surface area (Å²) in [5, 5.41) is 3.22. The molecule has 0 bridgehead atoms. The molecule has 0 aliphatic carbocycles. The van der Waals surface area contributed by atoms with Gasteiger partial charge in [0.1, 0.15) is 5.88 Å². The molecule has 0 atom stereocenters. The molecule has 1 heterocycles. The van der Waals surface area contributed by atoms with E-state index in [-0.39, 0.29) is 5.88 Å². The smallest absolute Gasteiger partial charge is 0.191 e. The molecule has 0 spiro atoms. The summed E-state index contributed by atoms with van der Waals surface area (Å²) in [6.07, 6.45) is 0. The summed E-state index contributed by atoms with van der Waals surface area (Å²) in [4.78, 5) is 2.47. The van der Waals surface area contributed by atoms with Crippen LogP contribution in [0.4, 0.5) is 0 Å². The number of piperazine rings is 1. The summed E-state index contributed by atoms with van der Waals surface area (Å²) in [7, 11) is -3.21. The maximum Gasteiger partial charge on any atom is 0.191 e. The van der Waals surface area contributed by atoms with E-state index in [0.29, 0.717) is 4.90 Å². The van der Waals surface area contributed by atoms with Gasteiger partial charge in [-0.05, 0) is 31.0 Å². The number of sulfone groups is 1. The Balaban J connectivity index is 2.21. The number of rotatable bonds is 3. The number of nitrogens with zero attached hydrogens (tertiary/aromatic N) is 1. The average molecular weight is 268 g/mol. The highest BCUT2D eigenvalue weighted by atomic mass is 32.2. The van der Waals surface area contributed by atoms with Crippen LogP contribution in [0, 0.1) is 13.8 Å². The first-order chi connectivity index (χ1) is 8.49. The Hall–Kier alpha value is -0.910. The van der Waals surface area contributed by atoms with Crippen LogP contribution in [0.15, 0.2) is 23.1 Å². The van der Waals surface area contributed by atoms with Crippen molar-refractivity contribution < 1.29 is 8.42 Å². The lowest BCUT2D eigenvalue weighted by Gasteiger charge is -2.27. The van der Waals surface area contributed by atoms with Crippen molar-refractivity contribution in [3.8, 4) is 0 Å². The molecule has 0 unspecified atom stereocenters.